The van der Waals surface area contributed by atoms with Crippen molar-refractivity contribution in [3.05, 3.63) is 58.2 Å². The Labute approximate surface area is 129 Å². The molecule has 3 nitrogen and oxygen atoms in total. The molecular weight excluding hydrogens is 338 g/mol. The predicted molar refractivity (Wildman–Crippen MR) is 88.6 cm³/mol. The molecule has 0 fully saturated rings. The first-order valence-electron chi connectivity index (χ1n) is 6.01. The van der Waals surface area contributed by atoms with Gasteiger partial charge in [0, 0.05) is 17.3 Å². The third kappa shape index (κ3) is 2.32. The van der Waals surface area contributed by atoms with Gasteiger partial charge in [-0.2, -0.15) is 0 Å². The second-order valence-corrected chi connectivity index (χ2v) is 5.53. The van der Waals surface area contributed by atoms with Crippen molar-refractivity contribution in [1.82, 2.24) is 4.98 Å². The molecule has 0 amide bonds. The summed E-state index contributed by atoms with van der Waals surface area (Å²) in [6.45, 7) is 0. The standard InChI is InChI=1S/C15H11BrClN3/c16-14-10(17)4-2-6-13(14)20-12-7-8-19-15-9(12)3-1-5-11(15)18/h1-8H,18H2,(H,19,20). The third-order valence-electron chi connectivity index (χ3n) is 3.02. The number of rotatable bonds is 2. The molecule has 0 aliphatic carbocycles. The van der Waals surface area contributed by atoms with Crippen LogP contribution in [-0.2, 0) is 0 Å². The number of nitrogen functional groups attached to an aromatic ring is 1. The van der Waals surface area contributed by atoms with Crippen LogP contribution in [0.1, 0.15) is 0 Å². The molecule has 3 aromatic rings. The monoisotopic (exact) mass is 347 g/mol. The molecule has 0 saturated heterocycles. The summed E-state index contributed by atoms with van der Waals surface area (Å²) in [5.41, 5.74) is 9.23. The summed E-state index contributed by atoms with van der Waals surface area (Å²) in [5.74, 6) is 0. The predicted octanol–water partition coefficient (Wildman–Crippen LogP) is 4.98. The Bertz CT molecular complexity index is 789. The van der Waals surface area contributed by atoms with E-state index >= 15 is 0 Å². The topological polar surface area (TPSA) is 50.9 Å². The fourth-order valence-corrected chi connectivity index (χ4v) is 2.59. The third-order valence-corrected chi connectivity index (χ3v) is 4.42. The number of hydrogen-bond donors (Lipinski definition) is 2. The number of pyridine rings is 1. The first kappa shape index (κ1) is 13.2. The average molecular weight is 349 g/mol. The number of aromatic nitrogens is 1. The first-order valence-corrected chi connectivity index (χ1v) is 7.18. The zero-order chi connectivity index (χ0) is 14.1. The molecule has 5 heteroatoms. The highest BCUT2D eigenvalue weighted by molar-refractivity contribution is 9.10. The molecule has 3 rings (SSSR count). The van der Waals surface area contributed by atoms with Gasteiger partial charge in [0.05, 0.1) is 26.4 Å². The van der Waals surface area contributed by atoms with Crippen molar-refractivity contribution in [1.29, 1.82) is 0 Å². The van der Waals surface area contributed by atoms with Crippen molar-refractivity contribution < 1.29 is 0 Å². The summed E-state index contributed by atoms with van der Waals surface area (Å²) >= 11 is 9.59. The van der Waals surface area contributed by atoms with Gasteiger partial charge in [-0.05, 0) is 40.2 Å². The van der Waals surface area contributed by atoms with Crippen molar-refractivity contribution in [2.45, 2.75) is 0 Å². The van der Waals surface area contributed by atoms with Crippen LogP contribution in [0.3, 0.4) is 0 Å². The zero-order valence-corrected chi connectivity index (χ0v) is 12.7. The summed E-state index contributed by atoms with van der Waals surface area (Å²) in [6, 6.07) is 13.3. The molecule has 1 heterocycles. The summed E-state index contributed by atoms with van der Waals surface area (Å²) in [6.07, 6.45) is 1.74. The van der Waals surface area contributed by atoms with Crippen LogP contribution in [0.5, 0.6) is 0 Å². The maximum atomic E-state index is 6.10. The summed E-state index contributed by atoms with van der Waals surface area (Å²) in [5, 5.41) is 4.99. The summed E-state index contributed by atoms with van der Waals surface area (Å²) < 4.78 is 0.829. The van der Waals surface area contributed by atoms with Crippen molar-refractivity contribution in [2.75, 3.05) is 11.1 Å². The largest absolute Gasteiger partial charge is 0.397 e. The van der Waals surface area contributed by atoms with Gasteiger partial charge >= 0.3 is 0 Å². The number of nitrogens with two attached hydrogens (primary N) is 1. The van der Waals surface area contributed by atoms with E-state index in [2.05, 4.69) is 26.2 Å². The van der Waals surface area contributed by atoms with Crippen LogP contribution in [0.25, 0.3) is 10.9 Å². The van der Waals surface area contributed by atoms with Crippen LogP contribution in [0, 0.1) is 0 Å². The molecule has 1 aromatic heterocycles. The lowest BCUT2D eigenvalue weighted by Crippen LogP contribution is -1.95. The van der Waals surface area contributed by atoms with Gasteiger partial charge in [0.1, 0.15) is 0 Å². The van der Waals surface area contributed by atoms with Gasteiger partial charge in [-0.1, -0.05) is 29.8 Å². The van der Waals surface area contributed by atoms with Gasteiger partial charge in [-0.15, -0.1) is 0 Å². The Balaban J connectivity index is 2.12. The molecule has 3 N–H and O–H groups in total. The van der Waals surface area contributed by atoms with E-state index < -0.39 is 0 Å². The highest BCUT2D eigenvalue weighted by Crippen LogP contribution is 2.34. The van der Waals surface area contributed by atoms with E-state index in [1.165, 1.54) is 0 Å². The molecule has 0 aliphatic heterocycles. The Morgan fingerprint density at radius 2 is 1.85 bits per heavy atom. The molecular formula is C15H11BrClN3. The zero-order valence-electron chi connectivity index (χ0n) is 10.4. The smallest absolute Gasteiger partial charge is 0.0951 e. The van der Waals surface area contributed by atoms with Gasteiger partial charge in [0.15, 0.2) is 0 Å². The van der Waals surface area contributed by atoms with Gasteiger partial charge in [0.25, 0.3) is 0 Å². The van der Waals surface area contributed by atoms with Crippen LogP contribution in [0.2, 0.25) is 5.02 Å². The number of benzene rings is 2. The molecule has 0 bridgehead atoms. The molecule has 0 atom stereocenters. The maximum Gasteiger partial charge on any atom is 0.0951 e. The van der Waals surface area contributed by atoms with Gasteiger partial charge in [-0.25, -0.2) is 0 Å². The lowest BCUT2D eigenvalue weighted by atomic mass is 10.1. The number of para-hydroxylation sites is 1. The number of nitrogens with one attached hydrogen (secondary N) is 1. The fraction of sp³-hybridized carbons (Fsp3) is 0. The molecule has 0 unspecified atom stereocenters. The quantitative estimate of drug-likeness (QED) is 0.642. The van der Waals surface area contributed by atoms with E-state index in [1.54, 1.807) is 6.20 Å². The van der Waals surface area contributed by atoms with Crippen LogP contribution in [-0.4, -0.2) is 4.98 Å². The highest BCUT2D eigenvalue weighted by Gasteiger charge is 2.08. The van der Waals surface area contributed by atoms with E-state index in [1.807, 2.05) is 42.5 Å². The van der Waals surface area contributed by atoms with E-state index in [-0.39, 0.29) is 0 Å². The Hall–Kier alpha value is -1.78. The lowest BCUT2D eigenvalue weighted by Gasteiger charge is -2.12. The minimum Gasteiger partial charge on any atom is -0.397 e. The van der Waals surface area contributed by atoms with Gasteiger partial charge < -0.3 is 11.1 Å². The number of nitrogens with zero attached hydrogens (tertiary/aromatic N) is 1. The van der Waals surface area contributed by atoms with Crippen LogP contribution in [0.15, 0.2) is 53.1 Å². The van der Waals surface area contributed by atoms with Crippen molar-refractivity contribution >= 4 is 55.5 Å². The number of anilines is 3. The van der Waals surface area contributed by atoms with Crippen LogP contribution < -0.4 is 11.1 Å². The minimum absolute atomic E-state index is 0.660. The Kier molecular flexibility index (Phi) is 3.51. The molecule has 0 saturated carbocycles. The van der Waals surface area contributed by atoms with Crippen LogP contribution in [0.4, 0.5) is 17.1 Å². The maximum absolute atomic E-state index is 6.10. The van der Waals surface area contributed by atoms with E-state index in [4.69, 9.17) is 17.3 Å². The van der Waals surface area contributed by atoms with Gasteiger partial charge in [-0.3, -0.25) is 4.98 Å². The van der Waals surface area contributed by atoms with Crippen molar-refractivity contribution in [2.24, 2.45) is 0 Å². The average Bonchev–Trinajstić information content (AvgIpc) is 2.45. The van der Waals surface area contributed by atoms with E-state index in [9.17, 15) is 0 Å². The molecule has 2 aromatic carbocycles. The van der Waals surface area contributed by atoms with Gasteiger partial charge in [0.2, 0.25) is 0 Å². The Morgan fingerprint density at radius 3 is 2.70 bits per heavy atom. The minimum atomic E-state index is 0.660. The number of fused-ring (bicyclic) bond motifs is 1. The molecule has 0 radical (unpaired) electrons. The fourth-order valence-electron chi connectivity index (χ4n) is 2.05. The molecule has 100 valence electrons. The summed E-state index contributed by atoms with van der Waals surface area (Å²) in [4.78, 5) is 4.32. The first-order chi connectivity index (χ1) is 9.66. The second kappa shape index (κ2) is 5.31. The summed E-state index contributed by atoms with van der Waals surface area (Å²) in [7, 11) is 0. The molecule has 0 aliphatic rings. The normalized spacial score (nSPS) is 10.7. The highest BCUT2D eigenvalue weighted by atomic mass is 79.9. The Morgan fingerprint density at radius 1 is 1.05 bits per heavy atom. The van der Waals surface area contributed by atoms with Crippen molar-refractivity contribution in [3.8, 4) is 0 Å². The van der Waals surface area contributed by atoms with E-state index in [0.29, 0.717) is 10.7 Å². The molecule has 20 heavy (non-hydrogen) atoms. The van der Waals surface area contributed by atoms with Crippen LogP contribution >= 0.6 is 27.5 Å². The lowest BCUT2D eigenvalue weighted by molar-refractivity contribution is 1.40. The second-order valence-electron chi connectivity index (χ2n) is 4.33. The number of halogens is 2. The SMILES string of the molecule is Nc1cccc2c(Nc3cccc(Cl)c3Br)ccnc12. The van der Waals surface area contributed by atoms with E-state index in [0.717, 1.165) is 26.8 Å². The van der Waals surface area contributed by atoms with Crippen molar-refractivity contribution in [3.63, 3.8) is 0 Å². The number of hydrogen-bond acceptors (Lipinski definition) is 3. The molecule has 0 spiro atoms.